The van der Waals surface area contributed by atoms with Crippen molar-refractivity contribution >= 4 is 39.5 Å². The van der Waals surface area contributed by atoms with E-state index in [2.05, 4.69) is 34.6 Å². The second-order valence-corrected chi connectivity index (χ2v) is 32.9. The molecule has 0 aromatic carbocycles. The first-order valence-corrected chi connectivity index (χ1v) is 45.6. The third-order valence-electron chi connectivity index (χ3n) is 19.3. The predicted molar refractivity (Wildman–Crippen MR) is 414 cm³/mol. The average Bonchev–Trinajstić information content (AvgIpc) is 0.977. The summed E-state index contributed by atoms with van der Waals surface area (Å²) in [6.07, 6.45) is 66.8. The van der Waals surface area contributed by atoms with Crippen LogP contribution in [0.15, 0.2) is 0 Å². The van der Waals surface area contributed by atoms with E-state index in [-0.39, 0.29) is 25.7 Å². The minimum Gasteiger partial charge on any atom is -0.462 e. The summed E-state index contributed by atoms with van der Waals surface area (Å²) in [5.74, 6) is -1.30. The van der Waals surface area contributed by atoms with Gasteiger partial charge in [0.15, 0.2) is 12.2 Å². The number of aliphatic hydroxyl groups is 1. The van der Waals surface area contributed by atoms with Gasteiger partial charge >= 0.3 is 39.5 Å². The summed E-state index contributed by atoms with van der Waals surface area (Å²) in [5, 5.41) is 10.6. The zero-order valence-electron chi connectivity index (χ0n) is 66.1. The Morgan fingerprint density at radius 2 is 0.455 bits per heavy atom. The lowest BCUT2D eigenvalue weighted by Crippen LogP contribution is -2.30. The van der Waals surface area contributed by atoms with E-state index in [4.69, 9.17) is 37.0 Å². The van der Waals surface area contributed by atoms with E-state index < -0.39 is 97.5 Å². The molecule has 0 aliphatic carbocycles. The second kappa shape index (κ2) is 74.9. The first-order valence-electron chi connectivity index (χ1n) is 42.6. The Bertz CT molecular complexity index is 1930. The number of hydrogen-bond donors (Lipinski definition) is 3. The molecule has 0 rings (SSSR count). The van der Waals surface area contributed by atoms with Crippen LogP contribution in [-0.2, 0) is 65.4 Å². The highest BCUT2D eigenvalue weighted by molar-refractivity contribution is 7.47. The van der Waals surface area contributed by atoms with Crippen LogP contribution in [0.1, 0.15) is 439 Å². The highest BCUT2D eigenvalue weighted by Gasteiger charge is 2.30. The molecular weight excluding hydrogens is 1320 g/mol. The van der Waals surface area contributed by atoms with Crippen LogP contribution in [0, 0.1) is 5.92 Å². The van der Waals surface area contributed by atoms with Crippen LogP contribution in [0.5, 0.6) is 0 Å². The van der Waals surface area contributed by atoms with E-state index in [1.54, 1.807) is 0 Å². The fraction of sp³-hybridized carbons (Fsp3) is 0.951. The van der Waals surface area contributed by atoms with E-state index in [0.29, 0.717) is 25.7 Å². The van der Waals surface area contributed by atoms with Crippen molar-refractivity contribution in [1.82, 2.24) is 0 Å². The summed E-state index contributed by atoms with van der Waals surface area (Å²) in [7, 11) is -9.91. The normalized spacial score (nSPS) is 13.8. The molecule has 0 aliphatic heterocycles. The van der Waals surface area contributed by atoms with Gasteiger partial charge in [0.1, 0.15) is 19.3 Å². The molecule has 19 heteroatoms. The largest absolute Gasteiger partial charge is 0.472 e. The van der Waals surface area contributed by atoms with Gasteiger partial charge in [0, 0.05) is 25.7 Å². The van der Waals surface area contributed by atoms with Crippen molar-refractivity contribution in [1.29, 1.82) is 0 Å². The number of phosphoric acid groups is 2. The number of ether oxygens (including phenoxy) is 4. The molecule has 0 aromatic heterocycles. The molecule has 3 N–H and O–H groups in total. The number of aliphatic hydroxyl groups excluding tert-OH is 1. The van der Waals surface area contributed by atoms with E-state index in [1.807, 2.05) is 0 Å². The van der Waals surface area contributed by atoms with Gasteiger partial charge in [-0.05, 0) is 31.6 Å². The fourth-order valence-corrected chi connectivity index (χ4v) is 14.3. The van der Waals surface area contributed by atoms with Gasteiger partial charge in [0.25, 0.3) is 0 Å². The minimum atomic E-state index is -4.96. The van der Waals surface area contributed by atoms with Crippen LogP contribution >= 0.6 is 15.6 Å². The number of phosphoric ester groups is 2. The summed E-state index contributed by atoms with van der Waals surface area (Å²) in [6.45, 7) is 7.33. The monoisotopic (exact) mass is 1480 g/mol. The molecule has 17 nitrogen and oxygen atoms in total. The number of hydrogen-bond acceptors (Lipinski definition) is 15. The van der Waals surface area contributed by atoms with Crippen molar-refractivity contribution < 1.29 is 80.2 Å². The van der Waals surface area contributed by atoms with Crippen molar-refractivity contribution in [2.24, 2.45) is 5.92 Å². The van der Waals surface area contributed by atoms with Crippen LogP contribution in [0.2, 0.25) is 0 Å². The summed E-state index contributed by atoms with van der Waals surface area (Å²) < 4.78 is 68.6. The minimum absolute atomic E-state index is 0.108. The topological polar surface area (TPSA) is 237 Å². The Morgan fingerprint density at radius 1 is 0.267 bits per heavy atom. The van der Waals surface area contributed by atoms with Crippen LogP contribution in [-0.4, -0.2) is 96.7 Å². The molecule has 600 valence electrons. The van der Waals surface area contributed by atoms with Crippen molar-refractivity contribution in [2.75, 3.05) is 39.6 Å². The molecule has 0 fully saturated rings. The third kappa shape index (κ3) is 76.1. The molecule has 0 heterocycles. The van der Waals surface area contributed by atoms with Crippen LogP contribution < -0.4 is 0 Å². The van der Waals surface area contributed by atoms with Crippen LogP contribution in [0.25, 0.3) is 0 Å². The SMILES string of the molecule is CCCCCCCCCCCCCCCCCCCCCCCCC(=O)O[C@H](COC(=O)CCCCCCCCCCCCCCCCCCC(C)C)COP(=O)(O)OC[C@@H](O)COP(=O)(O)OC[C@@H](COC(=O)CCCCCCCCCC)OC(=O)CCCCCCCCCCCCCC. The van der Waals surface area contributed by atoms with E-state index in [1.165, 1.54) is 257 Å². The lowest BCUT2D eigenvalue weighted by atomic mass is 10.0. The van der Waals surface area contributed by atoms with Gasteiger partial charge in [-0.15, -0.1) is 0 Å². The van der Waals surface area contributed by atoms with Gasteiger partial charge in [-0.25, -0.2) is 9.13 Å². The van der Waals surface area contributed by atoms with Gasteiger partial charge in [0.2, 0.25) is 0 Å². The van der Waals surface area contributed by atoms with Crippen LogP contribution in [0.3, 0.4) is 0 Å². The maximum atomic E-state index is 13.1. The quantitative estimate of drug-likeness (QED) is 0.0222. The van der Waals surface area contributed by atoms with Crippen molar-refractivity contribution in [3.8, 4) is 0 Å². The number of carbonyl (C=O) groups is 4. The Labute approximate surface area is 619 Å². The highest BCUT2D eigenvalue weighted by Crippen LogP contribution is 2.45. The molecule has 0 aliphatic rings. The number of rotatable bonds is 82. The van der Waals surface area contributed by atoms with E-state index in [9.17, 15) is 43.2 Å². The molecule has 0 radical (unpaired) electrons. The van der Waals surface area contributed by atoms with Gasteiger partial charge in [-0.2, -0.15) is 0 Å². The Morgan fingerprint density at radius 3 is 0.673 bits per heavy atom. The summed E-state index contributed by atoms with van der Waals surface area (Å²) in [4.78, 5) is 72.9. The number of carbonyl (C=O) groups excluding carboxylic acids is 4. The molecule has 5 atom stereocenters. The van der Waals surface area contributed by atoms with Gasteiger partial charge in [-0.3, -0.25) is 37.3 Å². The first-order chi connectivity index (χ1) is 49.0. The molecule has 0 amide bonds. The molecule has 0 aromatic rings. The Hall–Kier alpha value is -1.94. The number of unbranched alkanes of at least 4 members (excludes halogenated alkanes) is 54. The fourth-order valence-electron chi connectivity index (χ4n) is 12.8. The zero-order chi connectivity index (χ0) is 74.1. The number of esters is 4. The second-order valence-electron chi connectivity index (χ2n) is 30.0. The maximum absolute atomic E-state index is 13.1. The van der Waals surface area contributed by atoms with Gasteiger partial charge in [0.05, 0.1) is 26.4 Å². The van der Waals surface area contributed by atoms with Gasteiger partial charge < -0.3 is 33.8 Å². The summed E-state index contributed by atoms with van der Waals surface area (Å²) >= 11 is 0. The average molecular weight is 1480 g/mol. The Kier molecular flexibility index (Phi) is 73.5. The van der Waals surface area contributed by atoms with Gasteiger partial charge in [-0.1, -0.05) is 388 Å². The predicted octanol–water partition coefficient (Wildman–Crippen LogP) is 24.8. The molecule has 0 saturated carbocycles. The molecular formula is C82H160O17P2. The smallest absolute Gasteiger partial charge is 0.462 e. The highest BCUT2D eigenvalue weighted by atomic mass is 31.2. The molecule has 0 spiro atoms. The lowest BCUT2D eigenvalue weighted by Gasteiger charge is -2.21. The molecule has 101 heavy (non-hydrogen) atoms. The van der Waals surface area contributed by atoms with Crippen molar-refractivity contribution in [3.05, 3.63) is 0 Å². The maximum Gasteiger partial charge on any atom is 0.472 e. The molecule has 2 unspecified atom stereocenters. The lowest BCUT2D eigenvalue weighted by molar-refractivity contribution is -0.161. The third-order valence-corrected chi connectivity index (χ3v) is 21.2. The van der Waals surface area contributed by atoms with Crippen molar-refractivity contribution in [2.45, 2.75) is 457 Å². The standard InChI is InChI=1S/C82H160O17P2/c1-6-9-12-15-18-21-23-25-26-27-28-29-30-31-32-37-40-44-48-53-58-63-68-82(87)99-78(72-93-80(85)66-61-56-51-46-43-39-36-34-33-35-38-41-45-49-54-59-64-75(4)5)74-97-101(90,91)95-70-76(83)69-94-100(88,89)96-73-77(71-92-79(84)65-60-55-50-20-17-14-11-8-3)98-81(86)67-62-57-52-47-42-24-22-19-16-13-10-7-2/h75-78,83H,6-74H2,1-5H3,(H,88,89)(H,90,91)/t76-,77+,78+/m0/s1. The molecule has 0 bridgehead atoms. The Balaban J connectivity index is 5.17. The molecule has 0 saturated heterocycles. The summed E-state index contributed by atoms with van der Waals surface area (Å²) in [5.41, 5.74) is 0. The van der Waals surface area contributed by atoms with E-state index >= 15 is 0 Å². The zero-order valence-corrected chi connectivity index (χ0v) is 67.8. The van der Waals surface area contributed by atoms with Crippen LogP contribution in [0.4, 0.5) is 0 Å². The first kappa shape index (κ1) is 99.1. The van der Waals surface area contributed by atoms with E-state index in [0.717, 1.165) is 102 Å². The van der Waals surface area contributed by atoms with Crippen molar-refractivity contribution in [3.63, 3.8) is 0 Å². The summed E-state index contributed by atoms with van der Waals surface area (Å²) in [6, 6.07) is 0.